The Hall–Kier alpha value is -3.60. The zero-order chi connectivity index (χ0) is 23.1. The van der Waals surface area contributed by atoms with Crippen molar-refractivity contribution in [2.45, 2.75) is 58.0 Å². The van der Waals surface area contributed by atoms with Crippen LogP contribution >= 0.6 is 0 Å². The molecule has 1 amide bonds. The highest BCUT2D eigenvalue weighted by Crippen LogP contribution is 2.43. The smallest absolute Gasteiger partial charge is 0.261 e. The molecule has 0 unspecified atom stereocenters. The van der Waals surface area contributed by atoms with Gasteiger partial charge in [0.05, 0.1) is 24.0 Å². The van der Waals surface area contributed by atoms with Crippen LogP contribution in [-0.4, -0.2) is 38.2 Å². The summed E-state index contributed by atoms with van der Waals surface area (Å²) < 4.78 is 1.84. The molecule has 1 aromatic carbocycles. The number of likely N-dealkylation sites (tertiary alicyclic amines) is 1. The summed E-state index contributed by atoms with van der Waals surface area (Å²) in [6.45, 7) is 4.82. The lowest BCUT2D eigenvalue weighted by atomic mass is 10.1. The molecule has 8 nitrogen and oxygen atoms in total. The van der Waals surface area contributed by atoms with Crippen molar-refractivity contribution in [1.29, 1.82) is 5.26 Å². The molecule has 2 fully saturated rings. The van der Waals surface area contributed by atoms with Gasteiger partial charge in [0.1, 0.15) is 5.39 Å². The lowest BCUT2D eigenvalue weighted by molar-refractivity contribution is 0.0747. The minimum atomic E-state index is -0.223. The number of hydrogen-bond donors (Lipinski definition) is 2. The van der Waals surface area contributed by atoms with E-state index < -0.39 is 0 Å². The molecule has 2 aromatic heterocycles. The minimum Gasteiger partial charge on any atom is -0.338 e. The number of hydrogen-bond acceptors (Lipinski definition) is 5. The van der Waals surface area contributed by atoms with Crippen LogP contribution in [0.5, 0.6) is 0 Å². The third-order valence-corrected chi connectivity index (χ3v) is 6.94. The Balaban J connectivity index is 1.48. The molecule has 170 valence electrons. The van der Waals surface area contributed by atoms with Crippen molar-refractivity contribution in [2.75, 3.05) is 11.9 Å². The van der Waals surface area contributed by atoms with Crippen LogP contribution in [0.1, 0.15) is 61.0 Å². The maximum atomic E-state index is 13.0. The normalized spacial score (nSPS) is 18.9. The van der Waals surface area contributed by atoms with E-state index in [-0.39, 0.29) is 23.6 Å². The summed E-state index contributed by atoms with van der Waals surface area (Å²) in [4.78, 5) is 30.4. The highest BCUT2D eigenvalue weighted by Gasteiger charge is 2.34. The number of fused-ring (bicyclic) bond motifs is 1. The fourth-order valence-corrected chi connectivity index (χ4v) is 4.97. The monoisotopic (exact) mass is 444 g/mol. The molecule has 2 aliphatic rings. The minimum absolute atomic E-state index is 0.0426. The van der Waals surface area contributed by atoms with Crippen LogP contribution in [0.4, 0.5) is 11.5 Å². The second kappa shape index (κ2) is 8.39. The topological polar surface area (TPSA) is 107 Å². The molecule has 2 N–H and O–H groups in total. The van der Waals surface area contributed by atoms with E-state index in [1.165, 1.54) is 0 Å². The Kier molecular flexibility index (Phi) is 5.41. The number of nitrogens with one attached hydrogen (secondary N) is 2. The van der Waals surface area contributed by atoms with Crippen molar-refractivity contribution in [3.05, 3.63) is 51.9 Å². The van der Waals surface area contributed by atoms with Crippen molar-refractivity contribution in [2.24, 2.45) is 5.92 Å². The predicted molar refractivity (Wildman–Crippen MR) is 127 cm³/mol. The van der Waals surface area contributed by atoms with Crippen molar-refractivity contribution in [3.8, 4) is 6.07 Å². The molecule has 8 heteroatoms. The molecule has 0 spiro atoms. The summed E-state index contributed by atoms with van der Waals surface area (Å²) in [6, 6.07) is 9.96. The summed E-state index contributed by atoms with van der Waals surface area (Å²) in [5.41, 5.74) is 2.84. The van der Waals surface area contributed by atoms with E-state index >= 15 is 0 Å². The molecule has 2 atom stereocenters. The van der Waals surface area contributed by atoms with E-state index in [1.807, 2.05) is 40.8 Å². The van der Waals surface area contributed by atoms with Gasteiger partial charge in [-0.2, -0.15) is 10.4 Å². The summed E-state index contributed by atoms with van der Waals surface area (Å²) in [5.74, 6) is 0.946. The van der Waals surface area contributed by atoms with Gasteiger partial charge in [-0.1, -0.05) is 0 Å². The van der Waals surface area contributed by atoms with Gasteiger partial charge in [-0.05, 0) is 75.3 Å². The quantitative estimate of drug-likeness (QED) is 0.591. The summed E-state index contributed by atoms with van der Waals surface area (Å²) >= 11 is 0. The van der Waals surface area contributed by atoms with Gasteiger partial charge in [0.2, 0.25) is 0 Å². The van der Waals surface area contributed by atoms with Crippen LogP contribution < -0.4 is 10.9 Å². The van der Waals surface area contributed by atoms with Gasteiger partial charge in [0, 0.05) is 30.0 Å². The fraction of sp³-hybridized carbons (Fsp3) is 0.440. The number of benzene rings is 1. The third-order valence-electron chi connectivity index (χ3n) is 6.94. The molecule has 0 bridgehead atoms. The third kappa shape index (κ3) is 3.88. The average Bonchev–Trinajstić information content (AvgIpc) is 3.44. The predicted octanol–water partition coefficient (Wildman–Crippen LogP) is 4.27. The van der Waals surface area contributed by atoms with E-state index in [0.29, 0.717) is 29.1 Å². The molecular formula is C25H28N6O2. The molecule has 33 heavy (non-hydrogen) atoms. The summed E-state index contributed by atoms with van der Waals surface area (Å²) in [5, 5.41) is 17.8. The van der Waals surface area contributed by atoms with Crippen molar-refractivity contribution in [1.82, 2.24) is 19.7 Å². The number of aryl methyl sites for hydroxylation is 1. The number of H-pyrrole nitrogens is 1. The molecule has 5 rings (SSSR count). The SMILES string of the molecule is Cc1cc(Nc2nn([C@@H](CC#N)C3CC3)c3cc[nH]c(=O)c23)ccc1C(=O)N1CCC[C@H]1C. The number of nitrogens with zero attached hydrogens (tertiary/aromatic N) is 4. The standard InChI is InChI=1S/C25H28N6O2/c1-15-14-18(7-8-19(15)25(33)30-13-3-4-16(30)2)28-23-22-21(10-12-27-24(22)32)31(29-23)20(9-11-26)17-5-6-17/h7-8,10,12,14,16-17,20H,3-6,9,13H2,1-2H3,(H,27,32)(H,28,29)/t16-,20+/m1/s1. The van der Waals surface area contributed by atoms with Crippen molar-refractivity contribution in [3.63, 3.8) is 0 Å². The molecule has 3 heterocycles. The molecule has 1 aliphatic heterocycles. The number of carbonyl (C=O) groups excluding carboxylic acids is 1. The maximum absolute atomic E-state index is 13.0. The molecule has 0 radical (unpaired) electrons. The fourth-order valence-electron chi connectivity index (χ4n) is 4.97. The van der Waals surface area contributed by atoms with Gasteiger partial charge in [-0.15, -0.1) is 0 Å². The molecule has 1 saturated heterocycles. The highest BCUT2D eigenvalue weighted by molar-refractivity contribution is 5.97. The van der Waals surface area contributed by atoms with Crippen LogP contribution in [0.2, 0.25) is 0 Å². The van der Waals surface area contributed by atoms with Gasteiger partial charge < -0.3 is 15.2 Å². The Morgan fingerprint density at radius 3 is 2.82 bits per heavy atom. The summed E-state index contributed by atoms with van der Waals surface area (Å²) in [6.07, 6.45) is 6.21. The number of aromatic amines is 1. The Morgan fingerprint density at radius 1 is 1.33 bits per heavy atom. The number of rotatable bonds is 6. The largest absolute Gasteiger partial charge is 0.338 e. The van der Waals surface area contributed by atoms with Gasteiger partial charge in [0.15, 0.2) is 5.82 Å². The van der Waals surface area contributed by atoms with Crippen LogP contribution in [0, 0.1) is 24.2 Å². The average molecular weight is 445 g/mol. The van der Waals surface area contributed by atoms with Crippen LogP contribution in [0.25, 0.3) is 10.9 Å². The van der Waals surface area contributed by atoms with E-state index in [9.17, 15) is 14.9 Å². The van der Waals surface area contributed by atoms with Gasteiger partial charge in [-0.25, -0.2) is 0 Å². The molecular weight excluding hydrogens is 416 g/mol. The first-order valence-corrected chi connectivity index (χ1v) is 11.6. The van der Waals surface area contributed by atoms with E-state index in [4.69, 9.17) is 5.10 Å². The number of anilines is 2. The second-order valence-electron chi connectivity index (χ2n) is 9.27. The first-order valence-electron chi connectivity index (χ1n) is 11.6. The number of aromatic nitrogens is 3. The lowest BCUT2D eigenvalue weighted by Gasteiger charge is -2.22. The van der Waals surface area contributed by atoms with E-state index in [0.717, 1.165) is 49.0 Å². The van der Waals surface area contributed by atoms with Gasteiger partial charge >= 0.3 is 0 Å². The van der Waals surface area contributed by atoms with Crippen molar-refractivity contribution >= 4 is 28.3 Å². The maximum Gasteiger partial charge on any atom is 0.261 e. The first kappa shape index (κ1) is 21.3. The van der Waals surface area contributed by atoms with Crippen LogP contribution in [-0.2, 0) is 0 Å². The number of carbonyl (C=O) groups is 1. The molecule has 3 aromatic rings. The zero-order valence-electron chi connectivity index (χ0n) is 19.0. The molecule has 1 aliphatic carbocycles. The number of nitriles is 1. The Morgan fingerprint density at radius 2 is 2.15 bits per heavy atom. The number of pyridine rings is 1. The van der Waals surface area contributed by atoms with Crippen LogP contribution in [0.3, 0.4) is 0 Å². The lowest BCUT2D eigenvalue weighted by Crippen LogP contribution is -2.34. The summed E-state index contributed by atoms with van der Waals surface area (Å²) in [7, 11) is 0. The van der Waals surface area contributed by atoms with Gasteiger partial charge in [0.25, 0.3) is 11.5 Å². The Bertz CT molecular complexity index is 1310. The number of amides is 1. The second-order valence-corrected chi connectivity index (χ2v) is 9.27. The van der Waals surface area contributed by atoms with Crippen molar-refractivity contribution < 1.29 is 4.79 Å². The molecule has 1 saturated carbocycles. The van der Waals surface area contributed by atoms with E-state index in [1.54, 1.807) is 6.20 Å². The van der Waals surface area contributed by atoms with E-state index in [2.05, 4.69) is 23.3 Å². The Labute approximate surface area is 192 Å². The first-order chi connectivity index (χ1) is 16.0. The van der Waals surface area contributed by atoms with Gasteiger partial charge in [-0.3, -0.25) is 14.3 Å². The highest BCUT2D eigenvalue weighted by atomic mass is 16.2. The van der Waals surface area contributed by atoms with Crippen LogP contribution in [0.15, 0.2) is 35.3 Å². The zero-order valence-corrected chi connectivity index (χ0v) is 19.0.